The molecule has 1 amide bonds. The predicted molar refractivity (Wildman–Crippen MR) is 94.3 cm³/mol. The lowest BCUT2D eigenvalue weighted by molar-refractivity contribution is -0.117. The van der Waals surface area contributed by atoms with Crippen molar-refractivity contribution in [3.63, 3.8) is 0 Å². The van der Waals surface area contributed by atoms with Crippen molar-refractivity contribution >= 4 is 5.91 Å². The molecular formula is C18H25N3O4. The van der Waals surface area contributed by atoms with Crippen LogP contribution in [0.4, 0.5) is 0 Å². The predicted octanol–water partition coefficient (Wildman–Crippen LogP) is 1.61. The summed E-state index contributed by atoms with van der Waals surface area (Å²) < 4.78 is 15.8. The van der Waals surface area contributed by atoms with Crippen LogP contribution in [0.3, 0.4) is 0 Å². The SMILES string of the molecule is CCOCCCNC(=O)/C(C#N)=C\NCCOc1ccc(OC)cc1. The number of amides is 1. The summed E-state index contributed by atoms with van der Waals surface area (Å²) >= 11 is 0. The Balaban J connectivity index is 2.25. The van der Waals surface area contributed by atoms with Gasteiger partial charge in [0, 0.05) is 32.5 Å². The lowest BCUT2D eigenvalue weighted by atomic mass is 10.3. The van der Waals surface area contributed by atoms with Crippen molar-refractivity contribution in [3.05, 3.63) is 36.0 Å². The number of nitrogens with zero attached hydrogens (tertiary/aromatic N) is 1. The van der Waals surface area contributed by atoms with Crippen LogP contribution in [-0.2, 0) is 9.53 Å². The molecule has 0 saturated heterocycles. The van der Waals surface area contributed by atoms with Crippen LogP contribution in [0.1, 0.15) is 13.3 Å². The Hall–Kier alpha value is -2.72. The number of benzene rings is 1. The fourth-order valence-electron chi connectivity index (χ4n) is 1.84. The first-order valence-corrected chi connectivity index (χ1v) is 8.17. The van der Waals surface area contributed by atoms with E-state index in [1.807, 2.05) is 37.3 Å². The molecule has 7 nitrogen and oxygen atoms in total. The molecule has 25 heavy (non-hydrogen) atoms. The van der Waals surface area contributed by atoms with Crippen LogP contribution in [0, 0.1) is 11.3 Å². The van der Waals surface area contributed by atoms with Gasteiger partial charge in [-0.2, -0.15) is 5.26 Å². The van der Waals surface area contributed by atoms with Crippen LogP contribution < -0.4 is 20.1 Å². The molecule has 0 spiro atoms. The Labute approximate surface area is 148 Å². The summed E-state index contributed by atoms with van der Waals surface area (Å²) in [7, 11) is 1.61. The van der Waals surface area contributed by atoms with E-state index in [2.05, 4.69) is 10.6 Å². The van der Waals surface area contributed by atoms with E-state index in [0.29, 0.717) is 39.3 Å². The molecule has 1 aromatic carbocycles. The largest absolute Gasteiger partial charge is 0.497 e. The number of ether oxygens (including phenoxy) is 3. The summed E-state index contributed by atoms with van der Waals surface area (Å²) in [5.41, 5.74) is 0.0286. The Bertz CT molecular complexity index is 579. The average molecular weight is 347 g/mol. The molecule has 2 N–H and O–H groups in total. The average Bonchev–Trinajstić information content (AvgIpc) is 2.64. The van der Waals surface area contributed by atoms with E-state index in [1.165, 1.54) is 6.20 Å². The molecular weight excluding hydrogens is 322 g/mol. The van der Waals surface area contributed by atoms with E-state index in [0.717, 1.165) is 11.5 Å². The van der Waals surface area contributed by atoms with Gasteiger partial charge in [0.25, 0.3) is 5.91 Å². The molecule has 0 saturated carbocycles. The molecule has 0 bridgehead atoms. The van der Waals surface area contributed by atoms with Crippen molar-refractivity contribution in [1.29, 1.82) is 5.26 Å². The van der Waals surface area contributed by atoms with E-state index in [1.54, 1.807) is 7.11 Å². The van der Waals surface area contributed by atoms with E-state index in [9.17, 15) is 4.79 Å². The zero-order valence-corrected chi connectivity index (χ0v) is 14.7. The molecule has 0 aliphatic heterocycles. The fourth-order valence-corrected chi connectivity index (χ4v) is 1.84. The number of hydrogen-bond donors (Lipinski definition) is 2. The quantitative estimate of drug-likeness (QED) is 0.339. The minimum Gasteiger partial charge on any atom is -0.497 e. The van der Waals surface area contributed by atoms with E-state index in [-0.39, 0.29) is 5.57 Å². The summed E-state index contributed by atoms with van der Waals surface area (Å²) in [6.07, 6.45) is 2.11. The first-order valence-electron chi connectivity index (χ1n) is 8.17. The zero-order valence-electron chi connectivity index (χ0n) is 14.7. The van der Waals surface area contributed by atoms with Gasteiger partial charge in [0.05, 0.1) is 7.11 Å². The summed E-state index contributed by atoms with van der Waals surface area (Å²) in [4.78, 5) is 11.8. The van der Waals surface area contributed by atoms with Crippen molar-refractivity contribution in [2.45, 2.75) is 13.3 Å². The maximum Gasteiger partial charge on any atom is 0.263 e. The molecule has 0 fully saturated rings. The van der Waals surface area contributed by atoms with Crippen LogP contribution in [0.2, 0.25) is 0 Å². The number of hydrogen-bond acceptors (Lipinski definition) is 6. The second kappa shape index (κ2) is 12.7. The minimum atomic E-state index is -0.400. The fraction of sp³-hybridized carbons (Fsp3) is 0.444. The van der Waals surface area contributed by atoms with Crippen molar-refractivity contribution in [1.82, 2.24) is 10.6 Å². The monoisotopic (exact) mass is 347 g/mol. The summed E-state index contributed by atoms with van der Waals surface area (Å²) in [5, 5.41) is 14.6. The number of carbonyl (C=O) groups excluding carboxylic acids is 1. The Morgan fingerprint density at radius 3 is 2.56 bits per heavy atom. The highest BCUT2D eigenvalue weighted by Crippen LogP contribution is 2.16. The van der Waals surface area contributed by atoms with Gasteiger partial charge in [0.1, 0.15) is 29.7 Å². The van der Waals surface area contributed by atoms with Crippen molar-refractivity contribution in [2.24, 2.45) is 0 Å². The second-order valence-electron chi connectivity index (χ2n) is 4.95. The molecule has 1 rings (SSSR count). The van der Waals surface area contributed by atoms with Crippen molar-refractivity contribution in [3.8, 4) is 17.6 Å². The molecule has 0 heterocycles. The smallest absolute Gasteiger partial charge is 0.263 e. The molecule has 1 aromatic rings. The van der Waals surface area contributed by atoms with Gasteiger partial charge in [-0.1, -0.05) is 0 Å². The summed E-state index contributed by atoms with van der Waals surface area (Å²) in [6.45, 7) is 4.49. The molecule has 0 aliphatic carbocycles. The molecule has 0 aliphatic rings. The van der Waals surface area contributed by atoms with Crippen LogP contribution in [0.25, 0.3) is 0 Å². The third-order valence-electron chi connectivity index (χ3n) is 3.14. The Kier molecular flexibility index (Phi) is 10.3. The highest BCUT2D eigenvalue weighted by molar-refractivity contribution is 5.97. The maximum absolute atomic E-state index is 11.8. The Morgan fingerprint density at radius 1 is 1.20 bits per heavy atom. The molecule has 0 radical (unpaired) electrons. The number of nitrogens with one attached hydrogen (secondary N) is 2. The maximum atomic E-state index is 11.8. The number of rotatable bonds is 12. The molecule has 0 aromatic heterocycles. The molecule has 7 heteroatoms. The molecule has 0 unspecified atom stereocenters. The highest BCUT2D eigenvalue weighted by Gasteiger charge is 2.07. The van der Waals surface area contributed by atoms with Crippen LogP contribution in [-0.4, -0.2) is 45.9 Å². The second-order valence-corrected chi connectivity index (χ2v) is 4.95. The first-order chi connectivity index (χ1) is 12.2. The lowest BCUT2D eigenvalue weighted by Gasteiger charge is -2.08. The van der Waals surface area contributed by atoms with Crippen LogP contribution in [0.15, 0.2) is 36.0 Å². The molecule has 136 valence electrons. The van der Waals surface area contributed by atoms with Gasteiger partial charge in [-0.15, -0.1) is 0 Å². The minimum absolute atomic E-state index is 0.0286. The van der Waals surface area contributed by atoms with E-state index >= 15 is 0 Å². The van der Waals surface area contributed by atoms with Gasteiger partial charge in [0.2, 0.25) is 0 Å². The standard InChI is InChI=1S/C18H25N3O4/c1-3-24-11-4-9-21-18(22)15(13-19)14-20-10-12-25-17-7-5-16(23-2)6-8-17/h5-8,14,20H,3-4,9-12H2,1-2H3,(H,21,22)/b15-14-. The van der Waals surface area contributed by atoms with Gasteiger partial charge in [-0.25, -0.2) is 0 Å². The van der Waals surface area contributed by atoms with E-state index < -0.39 is 5.91 Å². The van der Waals surface area contributed by atoms with Crippen molar-refractivity contribution < 1.29 is 19.0 Å². The van der Waals surface area contributed by atoms with Gasteiger partial charge in [-0.05, 0) is 37.6 Å². The van der Waals surface area contributed by atoms with Crippen LogP contribution >= 0.6 is 0 Å². The third-order valence-corrected chi connectivity index (χ3v) is 3.14. The third kappa shape index (κ3) is 8.63. The normalized spacial score (nSPS) is 10.7. The number of methoxy groups -OCH3 is 1. The topological polar surface area (TPSA) is 92.6 Å². The van der Waals surface area contributed by atoms with Gasteiger partial charge < -0.3 is 24.8 Å². The zero-order chi connectivity index (χ0) is 18.3. The number of carbonyl (C=O) groups is 1. The van der Waals surface area contributed by atoms with Crippen molar-refractivity contribution in [2.75, 3.05) is 40.0 Å². The van der Waals surface area contributed by atoms with Gasteiger partial charge >= 0.3 is 0 Å². The summed E-state index contributed by atoms with van der Waals surface area (Å²) in [6, 6.07) is 9.12. The number of nitriles is 1. The molecule has 0 atom stereocenters. The van der Waals surface area contributed by atoms with Gasteiger partial charge in [-0.3, -0.25) is 4.79 Å². The summed E-state index contributed by atoms with van der Waals surface area (Å²) in [5.74, 6) is 1.08. The van der Waals surface area contributed by atoms with Crippen LogP contribution in [0.5, 0.6) is 11.5 Å². The van der Waals surface area contributed by atoms with E-state index in [4.69, 9.17) is 19.5 Å². The first kappa shape index (κ1) is 20.3. The lowest BCUT2D eigenvalue weighted by Crippen LogP contribution is -2.27. The highest BCUT2D eigenvalue weighted by atomic mass is 16.5. The Morgan fingerprint density at radius 2 is 1.92 bits per heavy atom. The van der Waals surface area contributed by atoms with Gasteiger partial charge in [0.15, 0.2) is 0 Å².